The monoisotopic (exact) mass is 534 g/mol. The van der Waals surface area contributed by atoms with Crippen molar-refractivity contribution in [1.82, 2.24) is 19.0 Å². The Morgan fingerprint density at radius 1 is 1.14 bits per heavy atom. The fourth-order valence-corrected chi connectivity index (χ4v) is 5.94. The van der Waals surface area contributed by atoms with Crippen molar-refractivity contribution in [1.29, 1.82) is 0 Å². The number of nitrogens with zero attached hydrogens (tertiary/aromatic N) is 4. The maximum Gasteiger partial charge on any atom is 0.242 e. The van der Waals surface area contributed by atoms with Gasteiger partial charge in [-0.05, 0) is 67.6 Å². The number of likely N-dealkylation sites (tertiary alicyclic amines) is 1. The van der Waals surface area contributed by atoms with Crippen LogP contribution >= 0.6 is 0 Å². The number of allylic oxidation sites excluding steroid dienone is 1. The molecule has 4 N–H and O–H groups in total. The number of carbonyl (C=O) groups excluding carboxylic acids is 1. The molecule has 0 spiro atoms. The van der Waals surface area contributed by atoms with Gasteiger partial charge >= 0.3 is 0 Å². The highest BCUT2D eigenvalue weighted by molar-refractivity contribution is 7.89. The van der Waals surface area contributed by atoms with Crippen LogP contribution in [0.4, 0.5) is 4.39 Å². The van der Waals surface area contributed by atoms with Gasteiger partial charge in [0.1, 0.15) is 5.82 Å². The van der Waals surface area contributed by atoms with Gasteiger partial charge in [-0.15, -0.1) is 0 Å². The molecule has 0 bridgehead atoms. The summed E-state index contributed by atoms with van der Waals surface area (Å²) in [7, 11) is -0.900. The summed E-state index contributed by atoms with van der Waals surface area (Å²) in [6, 6.07) is 3.89. The summed E-state index contributed by atoms with van der Waals surface area (Å²) in [5.41, 5.74) is 13.3. The van der Waals surface area contributed by atoms with Crippen LogP contribution in [0.3, 0.4) is 0 Å². The Morgan fingerprint density at radius 3 is 2.35 bits per heavy atom. The lowest BCUT2D eigenvalue weighted by atomic mass is 9.94. The number of hydrogen-bond donors (Lipinski definition) is 2. The van der Waals surface area contributed by atoms with Crippen LogP contribution in [-0.2, 0) is 21.4 Å². The fraction of sp³-hybridized carbons (Fsp3) is 0.500. The molecule has 0 atom stereocenters. The summed E-state index contributed by atoms with van der Waals surface area (Å²) in [6.45, 7) is 8.88. The Morgan fingerprint density at radius 2 is 1.78 bits per heavy atom. The summed E-state index contributed by atoms with van der Waals surface area (Å²) >= 11 is 0. The molecule has 11 heteroatoms. The van der Waals surface area contributed by atoms with Crippen LogP contribution in [0.25, 0.3) is 0 Å². The average Bonchev–Trinajstić information content (AvgIpc) is 2.85. The van der Waals surface area contributed by atoms with Crippen molar-refractivity contribution < 1.29 is 17.6 Å². The molecule has 37 heavy (non-hydrogen) atoms. The summed E-state index contributed by atoms with van der Waals surface area (Å²) in [5, 5.41) is 0. The maximum absolute atomic E-state index is 13.8. The second-order valence-electron chi connectivity index (χ2n) is 9.84. The molecular formula is C26H39FN6O3S. The van der Waals surface area contributed by atoms with Crippen LogP contribution in [0.15, 0.2) is 59.3 Å². The second kappa shape index (κ2) is 12.7. The summed E-state index contributed by atoms with van der Waals surface area (Å²) < 4.78 is 40.3. The standard InChI is InChI=1S/C26H39FN6O3S/c1-20(29)16-21(6-9-28)18-31-10-7-22(8-11-31)26(34)33-14-12-32(13-15-33)19-23-4-5-24(27)17-25(23)37(35,36)30(2)3/h4-6,9,16-17,22H,1,7-8,10-15,18-19,28-29H2,2-3H3/b9-6-,21-16+. The number of sulfonamides is 1. The number of amides is 1. The SMILES string of the molecule is C=C(N)/C=C(\C=C/N)CN1CCC(C(=O)N2CCN(Cc3ccc(F)cc3S(=O)(=O)N(C)C)CC2)CC1. The molecule has 0 aliphatic carbocycles. The molecule has 2 heterocycles. The smallest absolute Gasteiger partial charge is 0.242 e. The van der Waals surface area contributed by atoms with E-state index in [2.05, 4.69) is 16.4 Å². The van der Waals surface area contributed by atoms with Gasteiger partial charge in [-0.3, -0.25) is 14.6 Å². The molecule has 2 aliphatic rings. The molecule has 2 fully saturated rings. The molecule has 0 aromatic heterocycles. The van der Waals surface area contributed by atoms with E-state index in [1.807, 2.05) is 17.1 Å². The first-order chi connectivity index (χ1) is 17.5. The van der Waals surface area contributed by atoms with Crippen LogP contribution in [0.5, 0.6) is 0 Å². The van der Waals surface area contributed by atoms with Gasteiger partial charge in [-0.2, -0.15) is 0 Å². The maximum atomic E-state index is 13.8. The minimum Gasteiger partial charge on any atom is -0.405 e. The number of rotatable bonds is 9. The molecule has 2 aliphatic heterocycles. The quantitative estimate of drug-likeness (QED) is 0.459. The van der Waals surface area contributed by atoms with Crippen molar-refractivity contribution in [3.8, 4) is 0 Å². The first-order valence-corrected chi connectivity index (χ1v) is 13.9. The van der Waals surface area contributed by atoms with Crippen LogP contribution in [0.1, 0.15) is 18.4 Å². The van der Waals surface area contributed by atoms with E-state index in [4.69, 9.17) is 11.5 Å². The number of benzene rings is 1. The lowest BCUT2D eigenvalue weighted by molar-refractivity contribution is -0.138. The average molecular weight is 535 g/mol. The molecule has 3 rings (SSSR count). The highest BCUT2D eigenvalue weighted by Gasteiger charge is 2.31. The van der Waals surface area contributed by atoms with Gasteiger partial charge in [0.25, 0.3) is 0 Å². The first kappa shape index (κ1) is 28.8. The van der Waals surface area contributed by atoms with E-state index in [1.54, 1.807) is 0 Å². The summed E-state index contributed by atoms with van der Waals surface area (Å²) in [6.07, 6.45) is 6.71. The number of hydrogen-bond acceptors (Lipinski definition) is 7. The number of nitrogens with two attached hydrogens (primary N) is 2. The van der Waals surface area contributed by atoms with E-state index in [9.17, 15) is 17.6 Å². The van der Waals surface area contributed by atoms with E-state index >= 15 is 0 Å². The molecule has 1 aromatic carbocycles. The van der Waals surface area contributed by atoms with Gasteiger partial charge < -0.3 is 16.4 Å². The Kier molecular flexibility index (Phi) is 9.88. The number of carbonyl (C=O) groups is 1. The highest BCUT2D eigenvalue weighted by atomic mass is 32.2. The molecule has 9 nitrogen and oxygen atoms in total. The zero-order chi connectivity index (χ0) is 27.2. The molecule has 204 valence electrons. The third-order valence-corrected chi connectivity index (χ3v) is 8.79. The van der Waals surface area contributed by atoms with Gasteiger partial charge in [0.05, 0.1) is 4.90 Å². The lowest BCUT2D eigenvalue weighted by Gasteiger charge is -2.38. The molecule has 1 amide bonds. The number of piperazine rings is 1. The Hall–Kier alpha value is -2.73. The topological polar surface area (TPSA) is 116 Å². The van der Waals surface area contributed by atoms with E-state index in [-0.39, 0.29) is 16.7 Å². The Bertz CT molecular complexity index is 1130. The van der Waals surface area contributed by atoms with E-state index in [0.29, 0.717) is 50.5 Å². The van der Waals surface area contributed by atoms with E-state index in [0.717, 1.165) is 41.9 Å². The van der Waals surface area contributed by atoms with Crippen molar-refractivity contribution in [3.63, 3.8) is 0 Å². The Labute approximate surface area is 219 Å². The third kappa shape index (κ3) is 7.64. The fourth-order valence-electron chi connectivity index (χ4n) is 4.83. The van der Waals surface area contributed by atoms with Crippen molar-refractivity contribution in [3.05, 3.63) is 65.8 Å². The lowest BCUT2D eigenvalue weighted by Crippen LogP contribution is -2.51. The molecule has 1 aromatic rings. The van der Waals surface area contributed by atoms with Crippen molar-refractivity contribution in [2.75, 3.05) is 59.9 Å². The normalized spacial score (nSPS) is 19.1. The van der Waals surface area contributed by atoms with E-state index < -0.39 is 15.8 Å². The summed E-state index contributed by atoms with van der Waals surface area (Å²) in [4.78, 5) is 19.5. The van der Waals surface area contributed by atoms with Crippen LogP contribution in [0.2, 0.25) is 0 Å². The van der Waals surface area contributed by atoms with Gasteiger partial charge in [0, 0.05) is 65.0 Å². The molecular weight excluding hydrogens is 495 g/mol. The van der Waals surface area contributed by atoms with Gasteiger partial charge in [0.2, 0.25) is 15.9 Å². The molecule has 0 unspecified atom stereocenters. The molecule has 2 saturated heterocycles. The van der Waals surface area contributed by atoms with Gasteiger partial charge in [-0.1, -0.05) is 12.6 Å². The van der Waals surface area contributed by atoms with Crippen molar-refractivity contribution in [2.45, 2.75) is 24.3 Å². The van der Waals surface area contributed by atoms with Crippen molar-refractivity contribution >= 4 is 15.9 Å². The number of halogens is 1. The zero-order valence-electron chi connectivity index (χ0n) is 21.8. The van der Waals surface area contributed by atoms with Crippen LogP contribution in [0, 0.1) is 11.7 Å². The van der Waals surface area contributed by atoms with Gasteiger partial charge in [0.15, 0.2) is 0 Å². The summed E-state index contributed by atoms with van der Waals surface area (Å²) in [5.74, 6) is -0.401. The third-order valence-electron chi connectivity index (χ3n) is 6.89. The first-order valence-electron chi connectivity index (χ1n) is 12.5. The zero-order valence-corrected chi connectivity index (χ0v) is 22.6. The van der Waals surface area contributed by atoms with Crippen LogP contribution < -0.4 is 11.5 Å². The highest BCUT2D eigenvalue weighted by Crippen LogP contribution is 2.24. The van der Waals surface area contributed by atoms with Crippen LogP contribution in [-0.4, -0.2) is 93.2 Å². The second-order valence-corrected chi connectivity index (χ2v) is 12.0. The predicted molar refractivity (Wildman–Crippen MR) is 143 cm³/mol. The Balaban J connectivity index is 1.53. The van der Waals surface area contributed by atoms with E-state index in [1.165, 1.54) is 32.4 Å². The number of piperidine rings is 1. The minimum atomic E-state index is -3.77. The largest absolute Gasteiger partial charge is 0.405 e. The molecule has 0 radical (unpaired) electrons. The van der Waals surface area contributed by atoms with Gasteiger partial charge in [-0.25, -0.2) is 17.1 Å². The predicted octanol–water partition coefficient (Wildman–Crippen LogP) is 1.30. The minimum absolute atomic E-state index is 0.00121. The molecule has 0 saturated carbocycles. The van der Waals surface area contributed by atoms with Crippen molar-refractivity contribution in [2.24, 2.45) is 17.4 Å².